The Morgan fingerprint density at radius 2 is 2.30 bits per heavy atom. The van der Waals surface area contributed by atoms with E-state index in [9.17, 15) is 9.90 Å². The smallest absolute Gasteiger partial charge is 0.251 e. The number of aliphatic hydroxyl groups excluding tert-OH is 1. The second kappa shape index (κ2) is 5.83. The van der Waals surface area contributed by atoms with E-state index >= 15 is 0 Å². The van der Waals surface area contributed by atoms with Gasteiger partial charge in [0.05, 0.1) is 30.2 Å². The molecule has 0 saturated carbocycles. The lowest BCUT2D eigenvalue weighted by atomic mass is 9.99. The Labute approximate surface area is 117 Å². The number of nitrogens with one attached hydrogen (secondary N) is 1. The molecule has 0 radical (unpaired) electrons. The second-order valence-corrected chi connectivity index (χ2v) is 4.92. The van der Waals surface area contributed by atoms with Crippen molar-refractivity contribution in [2.45, 2.75) is 25.8 Å². The number of carbonyl (C=O) groups excluding carboxylic acids is 1. The molecule has 0 aliphatic rings. The van der Waals surface area contributed by atoms with Crippen LogP contribution in [0.1, 0.15) is 30.6 Å². The first-order valence-corrected chi connectivity index (χ1v) is 6.48. The largest absolute Gasteiger partial charge is 0.394 e. The number of amides is 1. The molecular weight excluding hydrogens is 256 g/mol. The molecule has 2 rings (SSSR count). The van der Waals surface area contributed by atoms with Gasteiger partial charge in [-0.05, 0) is 31.5 Å². The van der Waals surface area contributed by atoms with E-state index in [0.717, 1.165) is 5.69 Å². The van der Waals surface area contributed by atoms with Gasteiger partial charge in [0.15, 0.2) is 0 Å². The highest BCUT2D eigenvalue weighted by atomic mass is 16.3. The zero-order valence-electron chi connectivity index (χ0n) is 11.6. The van der Waals surface area contributed by atoms with Crippen molar-refractivity contribution in [3.05, 3.63) is 42.2 Å². The van der Waals surface area contributed by atoms with E-state index < -0.39 is 5.54 Å². The standard InChI is InChI=1S/C14H18N4O2/c1-3-14(2,10-19)16-13(20)11-5-4-6-12(9-11)18-8-7-15-17-18/h4-9,19H,3,10H2,1-2H3,(H,16,20)/t14-/m0/s1. The van der Waals surface area contributed by atoms with Gasteiger partial charge in [-0.3, -0.25) is 4.79 Å². The molecule has 1 aromatic heterocycles. The van der Waals surface area contributed by atoms with E-state index in [0.29, 0.717) is 12.0 Å². The van der Waals surface area contributed by atoms with Crippen LogP contribution in [0, 0.1) is 0 Å². The van der Waals surface area contributed by atoms with E-state index in [1.807, 2.05) is 19.9 Å². The SMILES string of the molecule is CC[C@@](C)(CO)NC(=O)c1cccc(-n2ccnn2)c1. The van der Waals surface area contributed by atoms with Crippen molar-refractivity contribution in [3.63, 3.8) is 0 Å². The first-order valence-electron chi connectivity index (χ1n) is 6.48. The molecule has 0 aliphatic heterocycles. The zero-order valence-corrected chi connectivity index (χ0v) is 11.6. The summed E-state index contributed by atoms with van der Waals surface area (Å²) in [5, 5.41) is 19.8. The number of aromatic nitrogens is 3. The summed E-state index contributed by atoms with van der Waals surface area (Å²) in [4.78, 5) is 12.2. The number of rotatable bonds is 5. The first kappa shape index (κ1) is 14.2. The molecule has 6 nitrogen and oxygen atoms in total. The minimum atomic E-state index is -0.611. The maximum Gasteiger partial charge on any atom is 0.251 e. The van der Waals surface area contributed by atoms with Gasteiger partial charge in [0.2, 0.25) is 0 Å². The highest BCUT2D eigenvalue weighted by molar-refractivity contribution is 5.95. The van der Waals surface area contributed by atoms with Gasteiger partial charge in [0.25, 0.3) is 5.91 Å². The summed E-state index contributed by atoms with van der Waals surface area (Å²) in [7, 11) is 0. The predicted molar refractivity (Wildman–Crippen MR) is 74.6 cm³/mol. The van der Waals surface area contributed by atoms with Crippen LogP contribution in [0.4, 0.5) is 0 Å². The quantitative estimate of drug-likeness (QED) is 0.857. The van der Waals surface area contributed by atoms with Crippen molar-refractivity contribution >= 4 is 5.91 Å². The predicted octanol–water partition coefficient (Wildman–Crippen LogP) is 1.16. The van der Waals surface area contributed by atoms with Crippen LogP contribution in [-0.4, -0.2) is 38.2 Å². The molecule has 2 N–H and O–H groups in total. The summed E-state index contributed by atoms with van der Waals surface area (Å²) in [6.07, 6.45) is 3.94. The van der Waals surface area contributed by atoms with E-state index in [4.69, 9.17) is 0 Å². The van der Waals surface area contributed by atoms with Gasteiger partial charge in [0, 0.05) is 5.56 Å². The number of aliphatic hydroxyl groups is 1. The van der Waals surface area contributed by atoms with Crippen LogP contribution in [0.5, 0.6) is 0 Å². The van der Waals surface area contributed by atoms with Gasteiger partial charge < -0.3 is 10.4 Å². The summed E-state index contributed by atoms with van der Waals surface area (Å²) >= 11 is 0. The number of nitrogens with zero attached hydrogens (tertiary/aromatic N) is 3. The second-order valence-electron chi connectivity index (χ2n) is 4.92. The minimum absolute atomic E-state index is 0.0992. The average molecular weight is 274 g/mol. The Morgan fingerprint density at radius 3 is 2.90 bits per heavy atom. The molecule has 0 bridgehead atoms. The molecule has 0 fully saturated rings. The van der Waals surface area contributed by atoms with Gasteiger partial charge in [-0.2, -0.15) is 0 Å². The highest BCUT2D eigenvalue weighted by Crippen LogP contribution is 2.12. The Bertz CT molecular complexity index is 577. The van der Waals surface area contributed by atoms with Crippen LogP contribution in [0.25, 0.3) is 5.69 Å². The summed E-state index contributed by atoms with van der Waals surface area (Å²) in [6, 6.07) is 7.09. The van der Waals surface area contributed by atoms with Gasteiger partial charge >= 0.3 is 0 Å². The lowest BCUT2D eigenvalue weighted by molar-refractivity contribution is 0.0847. The first-order chi connectivity index (χ1) is 9.58. The Kier molecular flexibility index (Phi) is 4.14. The average Bonchev–Trinajstić information content (AvgIpc) is 3.01. The zero-order chi connectivity index (χ0) is 14.6. The van der Waals surface area contributed by atoms with Gasteiger partial charge in [-0.25, -0.2) is 4.68 Å². The van der Waals surface area contributed by atoms with Crippen molar-refractivity contribution in [2.75, 3.05) is 6.61 Å². The molecule has 1 amide bonds. The maximum absolute atomic E-state index is 12.2. The van der Waals surface area contributed by atoms with Crippen molar-refractivity contribution in [1.29, 1.82) is 0 Å². The summed E-state index contributed by atoms with van der Waals surface area (Å²) in [5.41, 5.74) is 0.670. The van der Waals surface area contributed by atoms with Gasteiger partial charge in [0.1, 0.15) is 0 Å². The van der Waals surface area contributed by atoms with Crippen molar-refractivity contribution in [1.82, 2.24) is 20.3 Å². The fourth-order valence-electron chi connectivity index (χ4n) is 1.72. The molecule has 1 atom stereocenters. The van der Waals surface area contributed by atoms with Gasteiger partial charge in [-0.15, -0.1) is 5.10 Å². The van der Waals surface area contributed by atoms with Crippen LogP contribution in [-0.2, 0) is 0 Å². The molecule has 20 heavy (non-hydrogen) atoms. The Morgan fingerprint density at radius 1 is 1.50 bits per heavy atom. The Balaban J connectivity index is 2.21. The maximum atomic E-state index is 12.2. The third-order valence-electron chi connectivity index (χ3n) is 3.34. The normalized spacial score (nSPS) is 13.8. The fourth-order valence-corrected chi connectivity index (χ4v) is 1.72. The van der Waals surface area contributed by atoms with Crippen LogP contribution in [0.3, 0.4) is 0 Å². The van der Waals surface area contributed by atoms with Crippen LogP contribution < -0.4 is 5.32 Å². The molecule has 6 heteroatoms. The van der Waals surface area contributed by atoms with Crippen molar-refractivity contribution < 1.29 is 9.90 Å². The third kappa shape index (κ3) is 3.03. The molecule has 0 spiro atoms. The third-order valence-corrected chi connectivity index (χ3v) is 3.34. The molecule has 106 valence electrons. The monoisotopic (exact) mass is 274 g/mol. The lowest BCUT2D eigenvalue weighted by Gasteiger charge is -2.27. The van der Waals surface area contributed by atoms with E-state index in [2.05, 4.69) is 15.6 Å². The topological polar surface area (TPSA) is 80.0 Å². The van der Waals surface area contributed by atoms with Crippen LogP contribution in [0.15, 0.2) is 36.7 Å². The molecule has 0 saturated heterocycles. The van der Waals surface area contributed by atoms with Crippen LogP contribution in [0.2, 0.25) is 0 Å². The minimum Gasteiger partial charge on any atom is -0.394 e. The number of benzene rings is 1. The van der Waals surface area contributed by atoms with Crippen molar-refractivity contribution in [3.8, 4) is 5.69 Å². The molecule has 0 unspecified atom stereocenters. The highest BCUT2D eigenvalue weighted by Gasteiger charge is 2.23. The fraction of sp³-hybridized carbons (Fsp3) is 0.357. The number of carbonyl (C=O) groups is 1. The van der Waals surface area contributed by atoms with Crippen molar-refractivity contribution in [2.24, 2.45) is 0 Å². The Hall–Kier alpha value is -2.21. The summed E-state index contributed by atoms with van der Waals surface area (Å²) in [5.74, 6) is -0.217. The number of hydrogen-bond acceptors (Lipinski definition) is 4. The number of hydrogen-bond donors (Lipinski definition) is 2. The molecule has 1 aromatic carbocycles. The summed E-state index contributed by atoms with van der Waals surface area (Å²) in [6.45, 7) is 3.63. The van der Waals surface area contributed by atoms with E-state index in [1.165, 1.54) is 0 Å². The van der Waals surface area contributed by atoms with E-state index in [1.54, 1.807) is 35.3 Å². The van der Waals surface area contributed by atoms with E-state index in [-0.39, 0.29) is 12.5 Å². The molecular formula is C14H18N4O2. The molecule has 0 aliphatic carbocycles. The molecule has 1 heterocycles. The molecule has 2 aromatic rings. The summed E-state index contributed by atoms with van der Waals surface area (Å²) < 4.78 is 1.59. The lowest BCUT2D eigenvalue weighted by Crippen LogP contribution is -2.48. The van der Waals surface area contributed by atoms with Gasteiger partial charge in [-0.1, -0.05) is 18.2 Å². The van der Waals surface area contributed by atoms with Crippen LogP contribution >= 0.6 is 0 Å².